The highest BCUT2D eigenvalue weighted by Gasteiger charge is 2.34. The molecule has 1 aliphatic rings. The molecule has 1 aromatic carbocycles. The van der Waals surface area contributed by atoms with E-state index in [0.29, 0.717) is 17.7 Å². The summed E-state index contributed by atoms with van der Waals surface area (Å²) in [5.41, 5.74) is 8.64. The van der Waals surface area contributed by atoms with Crippen molar-refractivity contribution in [1.82, 2.24) is 0 Å². The van der Waals surface area contributed by atoms with E-state index < -0.39 is 6.36 Å². The molecular weight excluding hydrogens is 273 g/mol. The number of hydrogen-bond donors (Lipinski definition) is 3. The Balaban J connectivity index is 2.36. The fourth-order valence-corrected chi connectivity index (χ4v) is 2.67. The molecule has 0 heterocycles. The lowest BCUT2D eigenvalue weighted by Gasteiger charge is -2.30. The zero-order valence-electron chi connectivity index (χ0n) is 10.8. The van der Waals surface area contributed by atoms with Gasteiger partial charge in [0, 0.05) is 17.5 Å². The third kappa shape index (κ3) is 3.55. The highest BCUT2D eigenvalue weighted by atomic mass is 19.4. The molecule has 0 spiro atoms. The lowest BCUT2D eigenvalue weighted by Crippen LogP contribution is -2.32. The molecule has 0 saturated heterocycles. The lowest BCUT2D eigenvalue weighted by molar-refractivity contribution is -0.275. The minimum absolute atomic E-state index is 0.200. The van der Waals surface area contributed by atoms with Crippen LogP contribution in [0, 0.1) is 0 Å². The van der Waals surface area contributed by atoms with E-state index in [0.717, 1.165) is 19.3 Å². The fourth-order valence-electron chi connectivity index (χ4n) is 2.67. The summed E-state index contributed by atoms with van der Waals surface area (Å²) in [6.45, 7) is 0. The molecule has 7 heteroatoms. The molecule has 1 saturated carbocycles. The van der Waals surface area contributed by atoms with Crippen molar-refractivity contribution in [2.45, 2.75) is 44.0 Å². The van der Waals surface area contributed by atoms with E-state index >= 15 is 0 Å². The van der Waals surface area contributed by atoms with Gasteiger partial charge < -0.3 is 10.5 Å². The first-order valence-corrected chi connectivity index (χ1v) is 6.46. The van der Waals surface area contributed by atoms with Crippen LogP contribution in [-0.4, -0.2) is 17.6 Å². The van der Waals surface area contributed by atoms with Gasteiger partial charge in [0.05, 0.1) is 5.69 Å². The summed E-state index contributed by atoms with van der Waals surface area (Å²) < 4.78 is 41.4. The van der Waals surface area contributed by atoms with Gasteiger partial charge in [-0.1, -0.05) is 12.8 Å². The number of rotatable bonds is 3. The molecule has 112 valence electrons. The van der Waals surface area contributed by atoms with Crippen molar-refractivity contribution in [2.24, 2.45) is 5.73 Å². The second-order valence-electron chi connectivity index (χ2n) is 4.97. The van der Waals surface area contributed by atoms with Crippen molar-refractivity contribution in [2.75, 3.05) is 5.48 Å². The Hall–Kier alpha value is -1.47. The van der Waals surface area contributed by atoms with Crippen LogP contribution >= 0.6 is 0 Å². The van der Waals surface area contributed by atoms with Gasteiger partial charge in [0.1, 0.15) is 5.75 Å². The zero-order chi connectivity index (χ0) is 14.8. The standard InChI is InChI=1S/C13H17F3N2O2/c14-13(15,16)20-12-6-5-8(18-19)7-10(12)9-3-1-2-4-11(9)17/h5-7,9,11,18-19H,1-4,17H2. The molecule has 4 nitrogen and oxygen atoms in total. The number of hydrogen-bond acceptors (Lipinski definition) is 4. The quantitative estimate of drug-likeness (QED) is 0.747. The van der Waals surface area contributed by atoms with Crippen molar-refractivity contribution in [1.29, 1.82) is 0 Å². The second kappa shape index (κ2) is 5.88. The van der Waals surface area contributed by atoms with Crippen molar-refractivity contribution >= 4 is 5.69 Å². The average Bonchev–Trinajstić information content (AvgIpc) is 2.38. The Kier molecular flexibility index (Phi) is 4.39. The van der Waals surface area contributed by atoms with Crippen LogP contribution in [0.1, 0.15) is 37.2 Å². The first-order chi connectivity index (χ1) is 9.40. The molecule has 0 aromatic heterocycles. The van der Waals surface area contributed by atoms with Gasteiger partial charge in [-0.15, -0.1) is 13.2 Å². The molecule has 1 fully saturated rings. The maximum absolute atomic E-state index is 12.4. The number of benzene rings is 1. The Bertz CT molecular complexity index is 465. The highest BCUT2D eigenvalue weighted by Crippen LogP contribution is 2.39. The van der Waals surface area contributed by atoms with Crippen LogP contribution in [0.25, 0.3) is 0 Å². The average molecular weight is 290 g/mol. The van der Waals surface area contributed by atoms with Crippen molar-refractivity contribution in [3.8, 4) is 5.75 Å². The van der Waals surface area contributed by atoms with E-state index in [4.69, 9.17) is 10.9 Å². The third-order valence-electron chi connectivity index (χ3n) is 3.58. The molecule has 0 amide bonds. The number of nitrogens with two attached hydrogens (primary N) is 1. The van der Waals surface area contributed by atoms with Gasteiger partial charge in [-0.25, -0.2) is 0 Å². The summed E-state index contributed by atoms with van der Waals surface area (Å²) in [5, 5.41) is 8.91. The predicted octanol–water partition coefficient (Wildman–Crippen LogP) is 3.37. The fraction of sp³-hybridized carbons (Fsp3) is 0.538. The monoisotopic (exact) mass is 290 g/mol. The summed E-state index contributed by atoms with van der Waals surface area (Å²) in [6.07, 6.45) is -1.37. The topological polar surface area (TPSA) is 67.5 Å². The second-order valence-corrected chi connectivity index (χ2v) is 4.97. The Morgan fingerprint density at radius 2 is 1.95 bits per heavy atom. The van der Waals surface area contributed by atoms with Crippen LogP contribution in [0.2, 0.25) is 0 Å². The smallest absolute Gasteiger partial charge is 0.405 e. The summed E-state index contributed by atoms with van der Waals surface area (Å²) >= 11 is 0. The van der Waals surface area contributed by atoms with E-state index in [-0.39, 0.29) is 17.7 Å². The minimum atomic E-state index is -4.75. The summed E-state index contributed by atoms with van der Waals surface area (Å²) in [5.74, 6) is -0.451. The molecule has 4 N–H and O–H groups in total. The van der Waals surface area contributed by atoms with Gasteiger partial charge in [-0.3, -0.25) is 10.7 Å². The van der Waals surface area contributed by atoms with E-state index in [9.17, 15) is 13.2 Å². The van der Waals surface area contributed by atoms with Crippen LogP contribution in [-0.2, 0) is 0 Å². The molecule has 0 aliphatic heterocycles. The van der Waals surface area contributed by atoms with E-state index in [2.05, 4.69) is 4.74 Å². The zero-order valence-corrected chi connectivity index (χ0v) is 10.8. The molecule has 2 atom stereocenters. The molecule has 0 radical (unpaired) electrons. The Morgan fingerprint density at radius 3 is 2.55 bits per heavy atom. The van der Waals surface area contributed by atoms with Gasteiger partial charge >= 0.3 is 6.36 Å². The summed E-state index contributed by atoms with van der Waals surface area (Å²) in [6, 6.07) is 3.77. The molecule has 2 unspecified atom stereocenters. The van der Waals surface area contributed by atoms with Crippen LogP contribution in [0.3, 0.4) is 0 Å². The molecule has 0 bridgehead atoms. The maximum atomic E-state index is 12.4. The lowest BCUT2D eigenvalue weighted by atomic mass is 9.80. The normalized spacial score (nSPS) is 23.4. The van der Waals surface area contributed by atoms with Gasteiger partial charge in [-0.05, 0) is 31.0 Å². The van der Waals surface area contributed by atoms with E-state index in [1.807, 2.05) is 5.48 Å². The number of halogens is 3. The molecular formula is C13H17F3N2O2. The number of ether oxygens (including phenoxy) is 1. The number of nitrogens with one attached hydrogen (secondary N) is 1. The molecule has 1 aliphatic carbocycles. The first-order valence-electron chi connectivity index (χ1n) is 6.46. The van der Waals surface area contributed by atoms with Crippen LogP contribution in [0.5, 0.6) is 5.75 Å². The van der Waals surface area contributed by atoms with Crippen LogP contribution < -0.4 is 16.0 Å². The minimum Gasteiger partial charge on any atom is -0.405 e. The van der Waals surface area contributed by atoms with E-state index in [1.165, 1.54) is 18.2 Å². The van der Waals surface area contributed by atoms with Crippen molar-refractivity contribution < 1.29 is 23.1 Å². The van der Waals surface area contributed by atoms with E-state index in [1.54, 1.807) is 0 Å². The van der Waals surface area contributed by atoms with Gasteiger partial charge in [0.15, 0.2) is 0 Å². The predicted molar refractivity (Wildman–Crippen MR) is 67.7 cm³/mol. The summed E-state index contributed by atoms with van der Waals surface area (Å²) in [4.78, 5) is 0. The van der Waals surface area contributed by atoms with Crippen molar-refractivity contribution in [3.63, 3.8) is 0 Å². The third-order valence-corrected chi connectivity index (χ3v) is 3.58. The molecule has 1 aromatic rings. The SMILES string of the molecule is NC1CCCCC1c1cc(NO)ccc1OC(F)(F)F. The Labute approximate surface area is 114 Å². The van der Waals surface area contributed by atoms with Gasteiger partial charge in [0.2, 0.25) is 0 Å². The molecule has 20 heavy (non-hydrogen) atoms. The van der Waals surface area contributed by atoms with Gasteiger partial charge in [-0.2, -0.15) is 0 Å². The van der Waals surface area contributed by atoms with Crippen LogP contribution in [0.4, 0.5) is 18.9 Å². The highest BCUT2D eigenvalue weighted by molar-refractivity contribution is 5.51. The Morgan fingerprint density at radius 1 is 1.25 bits per heavy atom. The van der Waals surface area contributed by atoms with Crippen molar-refractivity contribution in [3.05, 3.63) is 23.8 Å². The molecule has 2 rings (SSSR count). The van der Waals surface area contributed by atoms with Gasteiger partial charge in [0.25, 0.3) is 0 Å². The van der Waals surface area contributed by atoms with Crippen LogP contribution in [0.15, 0.2) is 18.2 Å². The largest absolute Gasteiger partial charge is 0.573 e. The maximum Gasteiger partial charge on any atom is 0.573 e. The number of anilines is 1. The number of alkyl halides is 3. The summed E-state index contributed by atoms with van der Waals surface area (Å²) in [7, 11) is 0. The first kappa shape index (κ1) is 14.9.